The van der Waals surface area contributed by atoms with E-state index in [0.29, 0.717) is 11.8 Å². The average Bonchev–Trinajstić information content (AvgIpc) is 1.39. The fraction of sp³-hybridized carbons (Fsp3) is 0.479. The first-order valence-electron chi connectivity index (χ1n) is 60.1. The smallest absolute Gasteiger partial charge is 0.346 e. The van der Waals surface area contributed by atoms with Crippen molar-refractivity contribution in [3.63, 3.8) is 0 Å². The van der Waals surface area contributed by atoms with Gasteiger partial charge in [-0.2, -0.15) is 5.26 Å². The lowest BCUT2D eigenvalue weighted by molar-refractivity contribution is -0.434. The van der Waals surface area contributed by atoms with E-state index in [0.717, 1.165) is 179 Å². The van der Waals surface area contributed by atoms with Crippen LogP contribution in [0.2, 0.25) is 0 Å². The van der Waals surface area contributed by atoms with Gasteiger partial charge in [0.15, 0.2) is 0 Å². The first kappa shape index (κ1) is 93.1. The maximum atomic E-state index is 13.1. The molecule has 0 aliphatic heterocycles. The monoisotopic (exact) mass is 1950 g/mol. The van der Waals surface area contributed by atoms with Gasteiger partial charge in [0.25, 0.3) is 0 Å². The molecular weight excluding hydrogens is 1790 g/mol. The Kier molecular flexibility index (Phi) is 22.7. The van der Waals surface area contributed by atoms with Gasteiger partial charge in [0.05, 0.1) is 10.8 Å². The first-order chi connectivity index (χ1) is 72.7. The molecule has 11 aromatic rings. The summed E-state index contributed by atoms with van der Waals surface area (Å²) in [5, 5.41) is 21.3. The molecule has 6 heteroatoms. The number of allylic oxidation sites excluding steroid dienone is 2. The Bertz CT molecular complexity index is 7090. The van der Waals surface area contributed by atoms with Crippen molar-refractivity contribution in [3.05, 3.63) is 330 Å². The lowest BCUT2D eigenvalue weighted by Crippen LogP contribution is -2.87. The number of nitrogens with zero attached hydrogens (tertiary/aromatic N) is 4. The lowest BCUT2D eigenvalue weighted by atomic mass is 9.13. The zero-order chi connectivity index (χ0) is 99.3. The fourth-order valence-corrected chi connectivity index (χ4v) is 38.2. The summed E-state index contributed by atoms with van der Waals surface area (Å²) in [7, 11) is 8.65. The van der Waals surface area contributed by atoms with Crippen LogP contribution in [-0.2, 0) is 41.3 Å². The van der Waals surface area contributed by atoms with Crippen LogP contribution in [0.3, 0.4) is 0 Å². The number of fused-ring (bicyclic) bond motifs is 44. The van der Waals surface area contributed by atoms with E-state index in [1.165, 1.54) is 342 Å². The third-order valence-corrected chi connectivity index (χ3v) is 45.1. The van der Waals surface area contributed by atoms with Crippen molar-refractivity contribution < 1.29 is 9.90 Å². The van der Waals surface area contributed by atoms with E-state index < -0.39 is 16.8 Å². The second-order valence-electron chi connectivity index (χ2n) is 51.5. The van der Waals surface area contributed by atoms with E-state index in [4.69, 9.17) is 0 Å². The Labute approximate surface area is 882 Å². The molecule has 148 heavy (non-hydrogen) atoms. The van der Waals surface area contributed by atoms with Gasteiger partial charge < -0.3 is 19.8 Å². The van der Waals surface area contributed by atoms with Crippen molar-refractivity contribution in [1.82, 2.24) is 0 Å². The second-order valence-corrected chi connectivity index (χ2v) is 51.5. The molecule has 0 heterocycles. The number of unbranched alkanes of at least 4 members (excludes halogenated alkanes) is 20. The Balaban J connectivity index is 0.668. The van der Waals surface area contributed by atoms with Crippen molar-refractivity contribution >= 4 is 51.6 Å². The minimum Gasteiger partial charge on any atom is -0.477 e. The number of carboxylic acid groups (broad SMARTS) is 1. The van der Waals surface area contributed by atoms with Gasteiger partial charge in [-0.1, -0.05) is 283 Å². The van der Waals surface area contributed by atoms with E-state index >= 15 is 0 Å². The molecule has 0 radical (unpaired) electrons. The third kappa shape index (κ3) is 13.3. The number of hydrogen-bond acceptors (Lipinski definition) is 5. The van der Waals surface area contributed by atoms with Crippen LogP contribution in [0.1, 0.15) is 315 Å². The van der Waals surface area contributed by atoms with Crippen LogP contribution in [-0.4, -0.2) is 39.3 Å². The molecule has 754 valence electrons. The number of aryl methyl sites for hydroxylation is 4. The number of benzene rings is 11. The Morgan fingerprint density at radius 3 is 0.905 bits per heavy atom. The molecule has 14 fully saturated rings. The number of aliphatic carboxylic acids is 1. The van der Waals surface area contributed by atoms with Crippen LogP contribution in [0.15, 0.2) is 235 Å². The summed E-state index contributed by atoms with van der Waals surface area (Å²) in [5.41, 5.74) is 44.0. The number of anilines is 5. The van der Waals surface area contributed by atoms with E-state index in [1.54, 1.807) is 22.8 Å². The average molecular weight is 1950 g/mol. The summed E-state index contributed by atoms with van der Waals surface area (Å²) >= 11 is 0. The molecule has 0 aromatic heterocycles. The van der Waals surface area contributed by atoms with Gasteiger partial charge in [-0.3, -0.25) is 0 Å². The topological polar surface area (TPSA) is 70.8 Å². The van der Waals surface area contributed by atoms with Gasteiger partial charge in [-0.25, -0.2) is 4.79 Å². The summed E-state index contributed by atoms with van der Waals surface area (Å²) in [6.07, 6.45) is 44.8. The summed E-state index contributed by atoms with van der Waals surface area (Å²) in [5.74, 6) is 21.0. The van der Waals surface area contributed by atoms with Crippen LogP contribution in [0, 0.1) is 153 Å². The van der Waals surface area contributed by atoms with E-state index in [-0.39, 0.29) is 5.57 Å². The zero-order valence-corrected chi connectivity index (χ0v) is 89.4. The number of nitriles is 1. The maximum Gasteiger partial charge on any atom is 0.346 e. The standard InChI is InChI=1S/C142H154N4O2/c1-9-13-17-21-25-29-33-81-37-46-87(47-38-81)141(88-48-39-82(40-49-88)34-30-26-22-18-14-10-2)116-76-102-96-63-45-85(69-86(80-143)140(147)148)70-108(96)120(112-74-114-122(112)130-128(114)136-132-124-98-65-67-100(98)126(124)134(132)138(130)136)110(102)72-104(116)106-78-119-107(79-118(106)141)105-73-111-103(77-117(105)142(119,89-50-41-83(42-51-89)35-31-27-23-19-15-11-3)90-52-43-84(44-53-90)36-32-28-24-20-16-12-4)97-64-62-95(146(93-58-54-91(55-59-93)144(5)6)94-60-56-92(57-61-94)145(7)8)71-109(97)121(111)113-75-115-123(113)131-129(115)137-133-125-99-66-68-101(99)127(125)135(133)139(131)137/h37-64,69-73,76-79,98-101,114-115,122-139H,9-36,65-68,74-75H2,1-8H3,(H,147,148)/b86-69+,120-112-,121-113-. The molecule has 0 amide bonds. The predicted molar refractivity (Wildman–Crippen MR) is 608 cm³/mol. The maximum absolute atomic E-state index is 13.1. The van der Waals surface area contributed by atoms with Gasteiger partial charge in [0.1, 0.15) is 11.6 Å². The van der Waals surface area contributed by atoms with Crippen molar-refractivity contribution in [3.8, 4) is 50.6 Å². The lowest BCUT2D eigenvalue weighted by Gasteiger charge is -2.91. The molecule has 18 aliphatic carbocycles. The van der Waals surface area contributed by atoms with Gasteiger partial charge >= 0.3 is 5.97 Å². The van der Waals surface area contributed by atoms with Gasteiger partial charge in [0, 0.05) is 56.6 Å². The van der Waals surface area contributed by atoms with Crippen LogP contribution < -0.4 is 14.7 Å². The molecule has 24 unspecified atom stereocenters. The fourth-order valence-electron chi connectivity index (χ4n) is 38.2. The summed E-state index contributed by atoms with van der Waals surface area (Å²) in [6, 6.07) is 93.9. The van der Waals surface area contributed by atoms with Crippen LogP contribution >= 0.6 is 0 Å². The van der Waals surface area contributed by atoms with E-state index in [1.807, 2.05) is 0 Å². The van der Waals surface area contributed by atoms with Crippen molar-refractivity contribution in [1.29, 1.82) is 5.26 Å². The summed E-state index contributed by atoms with van der Waals surface area (Å²) in [4.78, 5) is 20.1. The van der Waals surface area contributed by atoms with Crippen LogP contribution in [0.25, 0.3) is 61.7 Å². The molecular formula is C142H154N4O2. The molecule has 24 atom stereocenters. The predicted octanol–water partition coefficient (Wildman–Crippen LogP) is 34.5. The second kappa shape index (κ2) is 36.1. The van der Waals surface area contributed by atoms with Crippen LogP contribution in [0.4, 0.5) is 28.4 Å². The minimum absolute atomic E-state index is 0.227. The van der Waals surface area contributed by atoms with Crippen molar-refractivity contribution in [2.45, 2.75) is 257 Å². The van der Waals surface area contributed by atoms with Gasteiger partial charge in [0.2, 0.25) is 0 Å². The highest BCUT2D eigenvalue weighted by Gasteiger charge is 2.89. The van der Waals surface area contributed by atoms with Crippen LogP contribution in [0.5, 0.6) is 0 Å². The highest BCUT2D eigenvalue weighted by Crippen LogP contribution is 2.93. The number of carbonyl (C=O) groups is 1. The Morgan fingerprint density at radius 2 is 0.581 bits per heavy atom. The number of rotatable bonds is 39. The molecule has 0 saturated heterocycles. The van der Waals surface area contributed by atoms with Crippen molar-refractivity contribution in [2.75, 3.05) is 42.9 Å². The summed E-state index contributed by atoms with van der Waals surface area (Å²) < 4.78 is 0. The van der Waals surface area contributed by atoms with Crippen molar-refractivity contribution in [2.24, 2.45) is 142 Å². The highest BCUT2D eigenvalue weighted by atomic mass is 16.4. The molecule has 11 aromatic carbocycles. The molecule has 6 nitrogen and oxygen atoms in total. The Hall–Kier alpha value is -11.0. The molecule has 18 aliphatic rings. The first-order valence-corrected chi connectivity index (χ1v) is 60.1. The number of carboxylic acids is 1. The quantitative estimate of drug-likeness (QED) is 0.0179. The Morgan fingerprint density at radius 1 is 0.297 bits per heavy atom. The molecule has 0 spiro atoms. The van der Waals surface area contributed by atoms with Gasteiger partial charge in [-0.15, -0.1) is 0 Å². The van der Waals surface area contributed by atoms with E-state index in [9.17, 15) is 15.2 Å². The zero-order valence-electron chi connectivity index (χ0n) is 89.4. The molecule has 14 saturated carbocycles. The third-order valence-electron chi connectivity index (χ3n) is 45.1. The van der Waals surface area contributed by atoms with E-state index in [2.05, 4.69) is 295 Å². The largest absolute Gasteiger partial charge is 0.477 e. The molecule has 1 N–H and O–H groups in total. The SMILES string of the molecule is CCCCCCCCc1ccc(C2(c3ccc(CCCCCCCC)cc3)c3cc4c(cc3-c3cc5c(cc32)-c2cc3c(cc2C5(c2ccc(CCCCCCCC)cc2)c2ccc(CCCCCCCC)cc2)-c2ccc(N(c5ccc(N(C)C)cc5)c5ccc(N(C)C)cc5)cc2/C3=C2\CC3C2C2C3C3C5C6C7CCC7C6C5C23)/C(=C2/CC3C2C2C3C3C5C6C7CCC7C6C5C23)c2cc(/C=C(\C#N)C(=O)O)ccc2-4)cc1. The van der Waals surface area contributed by atoms with Gasteiger partial charge in [-0.05, 0) is 491 Å². The minimum atomic E-state index is -1.18. The summed E-state index contributed by atoms with van der Waals surface area (Å²) in [6.45, 7) is 9.36. The number of hydrogen-bond donors (Lipinski definition) is 1. The normalized spacial score (nSPS) is 30.7. The highest BCUT2D eigenvalue weighted by molar-refractivity contribution is 6.10. The molecule has 29 rings (SSSR count). The molecule has 0 bridgehead atoms.